The van der Waals surface area contributed by atoms with E-state index in [1.807, 2.05) is 0 Å². The van der Waals surface area contributed by atoms with Gasteiger partial charge in [-0.3, -0.25) is 38.4 Å². The lowest BCUT2D eigenvalue weighted by Gasteiger charge is -2.24. The maximum atomic E-state index is 12.6. The van der Waals surface area contributed by atoms with Crippen LogP contribution in [0.5, 0.6) is 0 Å². The van der Waals surface area contributed by atoms with Crippen molar-refractivity contribution in [1.82, 2.24) is 0 Å². The first kappa shape index (κ1) is 37.1. The quantitative estimate of drug-likeness (QED) is 0.0823. The molecule has 2 aliphatic rings. The van der Waals surface area contributed by atoms with Gasteiger partial charge in [-0.1, -0.05) is 25.7 Å². The van der Waals surface area contributed by atoms with E-state index < -0.39 is 109 Å². The topological polar surface area (TPSA) is 267 Å². The summed E-state index contributed by atoms with van der Waals surface area (Å²) in [6, 6.07) is 0. The van der Waals surface area contributed by atoms with Gasteiger partial charge in [0.1, 0.15) is 0 Å². The summed E-state index contributed by atoms with van der Waals surface area (Å²) >= 11 is 0. The fraction of sp³-hybridized carbons (Fsp3) is 0.733. The maximum absolute atomic E-state index is 12.6. The van der Waals surface area contributed by atoms with Gasteiger partial charge < -0.3 is 35.4 Å². The molecule has 2 fully saturated rings. The van der Waals surface area contributed by atoms with E-state index in [0.29, 0.717) is 25.7 Å². The molecule has 45 heavy (non-hydrogen) atoms. The molecule has 252 valence electrons. The van der Waals surface area contributed by atoms with Gasteiger partial charge in [0.2, 0.25) is 0 Å². The first-order chi connectivity index (χ1) is 21.1. The van der Waals surface area contributed by atoms with Crippen LogP contribution in [0.25, 0.3) is 0 Å². The van der Waals surface area contributed by atoms with Crippen LogP contribution in [-0.2, 0) is 43.1 Å². The Kier molecular flexibility index (Phi) is 14.4. The summed E-state index contributed by atoms with van der Waals surface area (Å²) in [7, 11) is 0. The van der Waals surface area contributed by atoms with Crippen molar-refractivity contribution in [3.05, 3.63) is 0 Å². The van der Waals surface area contributed by atoms with E-state index in [9.17, 15) is 69.0 Å². The lowest BCUT2D eigenvalue weighted by atomic mass is 9.81. The van der Waals surface area contributed by atoms with Gasteiger partial charge in [-0.25, -0.2) is 0 Å². The zero-order valence-electron chi connectivity index (χ0n) is 24.9. The number of carboxylic acid groups (broad SMARTS) is 6. The van der Waals surface area contributed by atoms with E-state index in [1.54, 1.807) is 0 Å². The molecular formula is C30H42O15. The van der Waals surface area contributed by atoms with Crippen molar-refractivity contribution in [3.63, 3.8) is 0 Å². The molecule has 0 spiro atoms. The highest BCUT2D eigenvalue weighted by molar-refractivity contribution is 6.03. The molecule has 0 saturated heterocycles. The van der Waals surface area contributed by atoms with Crippen LogP contribution >= 0.6 is 0 Å². The molecule has 2 rings (SSSR count). The molecule has 6 N–H and O–H groups in total. The highest BCUT2D eigenvalue weighted by Crippen LogP contribution is 2.37. The van der Waals surface area contributed by atoms with Crippen molar-refractivity contribution in [2.24, 2.45) is 47.3 Å². The fourth-order valence-corrected chi connectivity index (χ4v) is 6.67. The molecular weight excluding hydrogens is 600 g/mol. The second kappa shape index (κ2) is 17.4. The molecule has 0 radical (unpaired) electrons. The SMILES string of the molecule is O=C(O)C(CCC(C(=O)O)C(=O)OC(=O)C(CCC(CC(C(=O)O)C1CCCC1)C(=O)O)C(=O)O)CC(C(=O)O)C1CCCC1. The third kappa shape index (κ3) is 11.1. The van der Waals surface area contributed by atoms with Gasteiger partial charge in [-0.2, -0.15) is 0 Å². The summed E-state index contributed by atoms with van der Waals surface area (Å²) in [4.78, 5) is 96.3. The predicted molar refractivity (Wildman–Crippen MR) is 149 cm³/mol. The molecule has 0 amide bonds. The van der Waals surface area contributed by atoms with Crippen molar-refractivity contribution < 1.29 is 73.7 Å². The lowest BCUT2D eigenvalue weighted by Crippen LogP contribution is -2.35. The molecule has 0 aromatic carbocycles. The lowest BCUT2D eigenvalue weighted by molar-refractivity contribution is -0.172. The van der Waals surface area contributed by atoms with Crippen LogP contribution in [0.15, 0.2) is 0 Å². The first-order valence-electron chi connectivity index (χ1n) is 15.3. The van der Waals surface area contributed by atoms with Crippen molar-refractivity contribution in [1.29, 1.82) is 0 Å². The van der Waals surface area contributed by atoms with Crippen molar-refractivity contribution in [2.75, 3.05) is 0 Å². The number of carboxylic acids is 6. The Labute approximate surface area is 258 Å². The van der Waals surface area contributed by atoms with Crippen LogP contribution in [0.3, 0.4) is 0 Å². The minimum Gasteiger partial charge on any atom is -0.481 e. The average molecular weight is 643 g/mol. The maximum Gasteiger partial charge on any atom is 0.327 e. The Bertz CT molecular complexity index is 1030. The molecule has 2 saturated carbocycles. The number of ether oxygens (including phenoxy) is 1. The van der Waals surface area contributed by atoms with E-state index in [-0.39, 0.29) is 24.7 Å². The second-order valence-corrected chi connectivity index (χ2v) is 12.2. The first-order valence-corrected chi connectivity index (χ1v) is 15.3. The zero-order valence-corrected chi connectivity index (χ0v) is 24.9. The number of carbonyl (C=O) groups is 8. The molecule has 6 atom stereocenters. The number of hydrogen-bond donors (Lipinski definition) is 6. The smallest absolute Gasteiger partial charge is 0.327 e. The summed E-state index contributed by atoms with van der Waals surface area (Å²) in [6.07, 6.45) is 3.02. The van der Waals surface area contributed by atoms with Crippen molar-refractivity contribution in [2.45, 2.75) is 89.9 Å². The highest BCUT2D eigenvalue weighted by Gasteiger charge is 2.40. The van der Waals surface area contributed by atoms with E-state index in [4.69, 9.17) is 0 Å². The Balaban J connectivity index is 2.05. The third-order valence-corrected chi connectivity index (χ3v) is 9.32. The normalized spacial score (nSPS) is 19.5. The number of hydrogen-bond acceptors (Lipinski definition) is 9. The Hall–Kier alpha value is -4.04. The largest absolute Gasteiger partial charge is 0.481 e. The Morgan fingerprint density at radius 3 is 1.02 bits per heavy atom. The Morgan fingerprint density at radius 2 is 0.778 bits per heavy atom. The summed E-state index contributed by atoms with van der Waals surface area (Å²) in [5.74, 6) is -21.1. The second-order valence-electron chi connectivity index (χ2n) is 12.2. The number of aliphatic carboxylic acids is 6. The summed E-state index contributed by atoms with van der Waals surface area (Å²) < 4.78 is 4.56. The summed E-state index contributed by atoms with van der Waals surface area (Å²) in [5, 5.41) is 57.7. The molecule has 0 aromatic heterocycles. The van der Waals surface area contributed by atoms with Crippen molar-refractivity contribution in [3.8, 4) is 0 Å². The monoisotopic (exact) mass is 642 g/mol. The van der Waals surface area contributed by atoms with Crippen LogP contribution in [0.4, 0.5) is 0 Å². The summed E-state index contributed by atoms with van der Waals surface area (Å²) in [5.41, 5.74) is 0. The molecule has 0 aromatic rings. The van der Waals surface area contributed by atoms with E-state index >= 15 is 0 Å². The molecule has 0 aliphatic heterocycles. The minimum atomic E-state index is -2.06. The van der Waals surface area contributed by atoms with Gasteiger partial charge >= 0.3 is 47.8 Å². The van der Waals surface area contributed by atoms with E-state index in [0.717, 1.165) is 25.7 Å². The van der Waals surface area contributed by atoms with Gasteiger partial charge in [-0.15, -0.1) is 0 Å². The molecule has 0 heterocycles. The van der Waals surface area contributed by atoms with Crippen LogP contribution in [0.1, 0.15) is 89.9 Å². The molecule has 6 unspecified atom stereocenters. The van der Waals surface area contributed by atoms with Crippen LogP contribution in [0.2, 0.25) is 0 Å². The molecule has 2 aliphatic carbocycles. The predicted octanol–water partition coefficient (Wildman–Crippen LogP) is 2.98. The van der Waals surface area contributed by atoms with E-state index in [2.05, 4.69) is 4.74 Å². The van der Waals surface area contributed by atoms with E-state index in [1.165, 1.54) is 0 Å². The van der Waals surface area contributed by atoms with Crippen molar-refractivity contribution >= 4 is 47.8 Å². The van der Waals surface area contributed by atoms with Gasteiger partial charge in [0.25, 0.3) is 0 Å². The third-order valence-electron chi connectivity index (χ3n) is 9.32. The van der Waals surface area contributed by atoms with Gasteiger partial charge in [0, 0.05) is 0 Å². The van der Waals surface area contributed by atoms with Gasteiger partial charge in [0.05, 0.1) is 23.7 Å². The molecule has 0 bridgehead atoms. The van der Waals surface area contributed by atoms with Gasteiger partial charge in [-0.05, 0) is 76.0 Å². The Morgan fingerprint density at radius 1 is 0.467 bits per heavy atom. The molecule has 15 nitrogen and oxygen atoms in total. The van der Waals surface area contributed by atoms with Crippen LogP contribution < -0.4 is 0 Å². The van der Waals surface area contributed by atoms with Crippen LogP contribution in [-0.4, -0.2) is 78.4 Å². The average Bonchev–Trinajstić information content (AvgIpc) is 3.66. The minimum absolute atomic E-state index is 0.228. The molecule has 15 heteroatoms. The van der Waals surface area contributed by atoms with Crippen LogP contribution in [0, 0.1) is 47.3 Å². The van der Waals surface area contributed by atoms with Gasteiger partial charge in [0.15, 0.2) is 11.8 Å². The highest BCUT2D eigenvalue weighted by atomic mass is 16.6. The number of carbonyl (C=O) groups excluding carboxylic acids is 2. The standard InChI is InChI=1S/C30H42O15/c31-23(32)17(13-21(27(39)40)15-5-1-2-6-15)9-11-19(25(35)36)29(43)45-30(44)20(26(37)38)12-10-18(24(33)34)14-22(28(41)42)16-7-3-4-8-16/h15-22H,1-14H2,(H,31,32)(H,33,34)(H,35,36)(H,37,38)(H,39,40)(H,41,42). The zero-order chi connectivity index (χ0) is 33.8. The fourth-order valence-electron chi connectivity index (χ4n) is 6.67. The number of rotatable bonds is 20. The summed E-state index contributed by atoms with van der Waals surface area (Å²) in [6.45, 7) is 0. The number of esters is 2.